The molecule has 0 bridgehead atoms. The van der Waals surface area contributed by atoms with E-state index in [1.807, 2.05) is 33.8 Å². The number of nitrogens with two attached hydrogens (primary N) is 1. The van der Waals surface area contributed by atoms with E-state index in [0.29, 0.717) is 22.4 Å². The standard InChI is InChI=1S/C30H35N3O7S/c1-18-6-12-23(25(14-18)39-16-19-7-9-20(10-8-19)27(31)32)22-13-11-21(15-24(22)29(35)36)28(34)33-26(30(2,3)4)17-40-41(5,37)38/h6-15,26H,16-17H2,1-5H3,(H3,31,32)(H,33,34)(H,35,36)/t26-/m1/s1. The molecule has 0 heterocycles. The number of aromatic carboxylic acids is 1. The van der Waals surface area contributed by atoms with Gasteiger partial charge < -0.3 is 20.9 Å². The minimum absolute atomic E-state index is 0.0343. The molecule has 10 nitrogen and oxygen atoms in total. The molecule has 0 fully saturated rings. The zero-order valence-corrected chi connectivity index (χ0v) is 24.5. The van der Waals surface area contributed by atoms with Crippen molar-refractivity contribution in [2.75, 3.05) is 12.9 Å². The molecule has 0 saturated heterocycles. The second-order valence-corrected chi connectivity index (χ2v) is 12.5. The average molecular weight is 582 g/mol. The van der Waals surface area contributed by atoms with Crippen molar-refractivity contribution in [3.05, 3.63) is 88.5 Å². The number of carbonyl (C=O) groups excluding carboxylic acids is 1. The Balaban J connectivity index is 1.91. The fourth-order valence-corrected chi connectivity index (χ4v) is 4.34. The number of hydrogen-bond acceptors (Lipinski definition) is 7. The maximum atomic E-state index is 13.1. The van der Waals surface area contributed by atoms with Gasteiger partial charge in [-0.05, 0) is 47.2 Å². The van der Waals surface area contributed by atoms with Crippen LogP contribution in [0.4, 0.5) is 0 Å². The van der Waals surface area contributed by atoms with Crippen LogP contribution in [0.5, 0.6) is 5.75 Å². The molecule has 3 aromatic carbocycles. The van der Waals surface area contributed by atoms with Crippen LogP contribution in [-0.4, -0.2) is 50.1 Å². The molecule has 11 heteroatoms. The molecular weight excluding hydrogens is 546 g/mol. The maximum Gasteiger partial charge on any atom is 0.336 e. The third-order valence-corrected chi connectivity index (χ3v) is 6.96. The van der Waals surface area contributed by atoms with Crippen molar-refractivity contribution >= 4 is 27.8 Å². The van der Waals surface area contributed by atoms with Crippen LogP contribution in [0.15, 0.2) is 60.7 Å². The second-order valence-electron chi connectivity index (χ2n) is 10.8. The highest BCUT2D eigenvalue weighted by molar-refractivity contribution is 7.85. The van der Waals surface area contributed by atoms with Crippen LogP contribution in [0, 0.1) is 17.7 Å². The van der Waals surface area contributed by atoms with Crippen molar-refractivity contribution in [2.45, 2.75) is 40.3 Å². The molecule has 41 heavy (non-hydrogen) atoms. The first kappa shape index (κ1) is 31.3. The van der Waals surface area contributed by atoms with E-state index in [2.05, 4.69) is 5.32 Å². The molecule has 0 aliphatic rings. The Kier molecular flexibility index (Phi) is 9.57. The first-order chi connectivity index (χ1) is 19.0. The largest absolute Gasteiger partial charge is 0.488 e. The molecule has 0 unspecified atom stereocenters. The van der Waals surface area contributed by atoms with E-state index in [4.69, 9.17) is 20.1 Å². The number of amidine groups is 1. The number of amides is 1. The lowest BCUT2D eigenvalue weighted by Gasteiger charge is -2.31. The molecule has 0 radical (unpaired) electrons. The van der Waals surface area contributed by atoms with Crippen LogP contribution >= 0.6 is 0 Å². The Hall–Kier alpha value is -4.22. The molecule has 0 aliphatic carbocycles. The van der Waals surface area contributed by atoms with Gasteiger partial charge in [0, 0.05) is 16.7 Å². The van der Waals surface area contributed by atoms with Gasteiger partial charge in [-0.25, -0.2) is 4.79 Å². The van der Waals surface area contributed by atoms with Gasteiger partial charge in [0.05, 0.1) is 24.5 Å². The van der Waals surface area contributed by atoms with E-state index < -0.39 is 33.5 Å². The van der Waals surface area contributed by atoms with Crippen molar-refractivity contribution in [1.82, 2.24) is 5.32 Å². The van der Waals surface area contributed by atoms with Crippen LogP contribution in [-0.2, 0) is 20.9 Å². The summed E-state index contributed by atoms with van der Waals surface area (Å²) in [6.45, 7) is 7.30. The highest BCUT2D eigenvalue weighted by Gasteiger charge is 2.29. The summed E-state index contributed by atoms with van der Waals surface area (Å²) in [4.78, 5) is 25.5. The second kappa shape index (κ2) is 12.5. The number of carboxylic acids is 1. The third kappa shape index (κ3) is 8.63. The molecule has 3 rings (SSSR count). The van der Waals surface area contributed by atoms with Crippen molar-refractivity contribution in [3.63, 3.8) is 0 Å². The van der Waals surface area contributed by atoms with E-state index in [-0.39, 0.29) is 30.2 Å². The number of carbonyl (C=O) groups is 2. The van der Waals surface area contributed by atoms with Gasteiger partial charge in [-0.15, -0.1) is 0 Å². The third-order valence-electron chi connectivity index (χ3n) is 6.40. The fraction of sp³-hybridized carbons (Fsp3) is 0.300. The van der Waals surface area contributed by atoms with Crippen LogP contribution in [0.2, 0.25) is 0 Å². The Bertz CT molecular complexity index is 1560. The lowest BCUT2D eigenvalue weighted by Crippen LogP contribution is -2.47. The Morgan fingerprint density at radius 1 is 1.00 bits per heavy atom. The van der Waals surface area contributed by atoms with E-state index in [1.165, 1.54) is 12.1 Å². The van der Waals surface area contributed by atoms with Crippen LogP contribution in [0.3, 0.4) is 0 Å². The molecule has 218 valence electrons. The van der Waals surface area contributed by atoms with Crippen molar-refractivity contribution in [2.24, 2.45) is 11.1 Å². The van der Waals surface area contributed by atoms with E-state index in [9.17, 15) is 23.1 Å². The monoisotopic (exact) mass is 581 g/mol. The predicted molar refractivity (Wildman–Crippen MR) is 157 cm³/mol. The molecule has 0 aliphatic heterocycles. The number of rotatable bonds is 11. The lowest BCUT2D eigenvalue weighted by molar-refractivity contribution is 0.0697. The zero-order valence-electron chi connectivity index (χ0n) is 23.6. The van der Waals surface area contributed by atoms with Gasteiger partial charge in [0.25, 0.3) is 16.0 Å². The van der Waals surface area contributed by atoms with E-state index >= 15 is 0 Å². The van der Waals surface area contributed by atoms with Crippen LogP contribution in [0.25, 0.3) is 11.1 Å². The van der Waals surface area contributed by atoms with E-state index in [0.717, 1.165) is 17.4 Å². The van der Waals surface area contributed by atoms with Crippen molar-refractivity contribution in [1.29, 1.82) is 5.41 Å². The van der Waals surface area contributed by atoms with Crippen LogP contribution < -0.4 is 15.8 Å². The SMILES string of the molecule is Cc1ccc(-c2ccc(C(=O)N[C@H](COS(C)(=O)=O)C(C)(C)C)cc2C(=O)O)c(OCc2ccc(C(=N)N)cc2)c1. The smallest absolute Gasteiger partial charge is 0.336 e. The Morgan fingerprint density at radius 2 is 1.61 bits per heavy atom. The number of aryl methyl sites for hydroxylation is 1. The number of nitrogen functional groups attached to an aromatic ring is 1. The molecule has 0 spiro atoms. The van der Waals surface area contributed by atoms with Crippen molar-refractivity contribution < 1.29 is 32.0 Å². The topological polar surface area (TPSA) is 169 Å². The summed E-state index contributed by atoms with van der Waals surface area (Å²) in [7, 11) is -3.72. The lowest BCUT2D eigenvalue weighted by atomic mass is 9.87. The zero-order chi connectivity index (χ0) is 30.5. The minimum atomic E-state index is -3.72. The van der Waals surface area contributed by atoms with Gasteiger partial charge in [0.15, 0.2) is 0 Å². The Labute approximate surface area is 240 Å². The Morgan fingerprint density at radius 3 is 2.17 bits per heavy atom. The normalized spacial score (nSPS) is 12.4. The summed E-state index contributed by atoms with van der Waals surface area (Å²) in [5.41, 5.74) is 8.21. The number of nitrogens with one attached hydrogen (secondary N) is 2. The quantitative estimate of drug-likeness (QED) is 0.147. The van der Waals surface area contributed by atoms with Gasteiger partial charge in [0.2, 0.25) is 0 Å². The van der Waals surface area contributed by atoms with E-state index in [1.54, 1.807) is 42.5 Å². The molecule has 5 N–H and O–H groups in total. The molecular formula is C30H35N3O7S. The average Bonchev–Trinajstić information content (AvgIpc) is 2.88. The highest BCUT2D eigenvalue weighted by atomic mass is 32.2. The first-order valence-corrected chi connectivity index (χ1v) is 14.6. The fourth-order valence-electron chi connectivity index (χ4n) is 3.95. The summed E-state index contributed by atoms with van der Waals surface area (Å²) in [6, 6.07) is 16.1. The van der Waals surface area contributed by atoms with Gasteiger partial charge >= 0.3 is 5.97 Å². The number of carboxylic acid groups (broad SMARTS) is 1. The molecule has 1 amide bonds. The number of ether oxygens (including phenoxy) is 1. The highest BCUT2D eigenvalue weighted by Crippen LogP contribution is 2.35. The summed E-state index contributed by atoms with van der Waals surface area (Å²) in [5, 5.41) is 20.4. The molecule has 1 atom stereocenters. The first-order valence-electron chi connectivity index (χ1n) is 12.7. The number of benzene rings is 3. The molecule has 3 aromatic rings. The number of hydrogen-bond donors (Lipinski definition) is 4. The van der Waals surface area contributed by atoms with Gasteiger partial charge in [-0.3, -0.25) is 14.4 Å². The summed E-state index contributed by atoms with van der Waals surface area (Å²) in [5.74, 6) is -1.36. The van der Waals surface area contributed by atoms with Crippen LogP contribution in [0.1, 0.15) is 58.2 Å². The van der Waals surface area contributed by atoms with Gasteiger partial charge in [0.1, 0.15) is 18.2 Å². The summed E-state index contributed by atoms with van der Waals surface area (Å²) in [6.07, 6.45) is 0.930. The van der Waals surface area contributed by atoms with Gasteiger partial charge in [-0.2, -0.15) is 8.42 Å². The van der Waals surface area contributed by atoms with Gasteiger partial charge in [-0.1, -0.05) is 63.2 Å². The summed E-state index contributed by atoms with van der Waals surface area (Å²) < 4.78 is 34.0. The predicted octanol–water partition coefficient (Wildman–Crippen LogP) is 4.34. The minimum Gasteiger partial charge on any atom is -0.488 e. The summed E-state index contributed by atoms with van der Waals surface area (Å²) >= 11 is 0. The maximum absolute atomic E-state index is 13.1. The molecule has 0 aromatic heterocycles. The van der Waals surface area contributed by atoms with Crippen molar-refractivity contribution in [3.8, 4) is 16.9 Å². The molecule has 0 saturated carbocycles.